The van der Waals surface area contributed by atoms with Crippen LogP contribution in [-0.2, 0) is 16.1 Å². The Morgan fingerprint density at radius 1 is 1.33 bits per heavy atom. The number of carboxylic acid groups (broad SMARTS) is 1. The van der Waals surface area contributed by atoms with E-state index in [-0.39, 0.29) is 17.9 Å². The molecule has 130 valence electrons. The number of carbonyl (C=O) groups excluding carboxylic acids is 1. The second-order valence-corrected chi connectivity index (χ2v) is 7.29. The molecule has 0 aromatic heterocycles. The van der Waals surface area contributed by atoms with Gasteiger partial charge in [0.2, 0.25) is 0 Å². The van der Waals surface area contributed by atoms with E-state index in [0.29, 0.717) is 31.7 Å². The maximum absolute atomic E-state index is 12.7. The first kappa shape index (κ1) is 17.0. The van der Waals surface area contributed by atoms with Crippen molar-refractivity contribution in [1.29, 1.82) is 0 Å². The molecule has 0 unspecified atom stereocenters. The third kappa shape index (κ3) is 3.05. The van der Waals surface area contributed by atoms with Gasteiger partial charge in [-0.25, -0.2) is 0 Å². The maximum Gasteiger partial charge on any atom is 0.311 e. The average molecular weight is 331 g/mol. The molecule has 1 heterocycles. The zero-order valence-corrected chi connectivity index (χ0v) is 14.3. The average Bonchev–Trinajstić information content (AvgIpc) is 3.11. The van der Waals surface area contributed by atoms with E-state index in [9.17, 15) is 14.7 Å². The van der Waals surface area contributed by atoms with Crippen molar-refractivity contribution in [3.8, 4) is 0 Å². The number of aliphatic carboxylic acids is 1. The molecular weight excluding hydrogens is 306 g/mol. The predicted molar refractivity (Wildman–Crippen MR) is 89.7 cm³/mol. The van der Waals surface area contributed by atoms with Crippen molar-refractivity contribution in [2.24, 2.45) is 11.3 Å². The number of benzene rings is 1. The van der Waals surface area contributed by atoms with Gasteiger partial charge in [-0.15, -0.1) is 0 Å². The number of carboxylic acids is 1. The molecule has 1 amide bonds. The first-order valence-electron chi connectivity index (χ1n) is 8.65. The summed E-state index contributed by atoms with van der Waals surface area (Å²) in [6.07, 6.45) is 2.70. The lowest BCUT2D eigenvalue weighted by atomic mass is 9.81. The minimum absolute atomic E-state index is 0.0682. The van der Waals surface area contributed by atoms with Crippen LogP contribution in [0.3, 0.4) is 0 Å². The first-order valence-corrected chi connectivity index (χ1v) is 8.65. The van der Waals surface area contributed by atoms with Gasteiger partial charge in [0.05, 0.1) is 18.1 Å². The Morgan fingerprint density at radius 3 is 2.62 bits per heavy atom. The molecule has 1 saturated heterocycles. The second kappa shape index (κ2) is 6.55. The number of carbonyl (C=O) groups is 2. The quantitative estimate of drug-likeness (QED) is 0.901. The van der Waals surface area contributed by atoms with Gasteiger partial charge in [0, 0.05) is 18.7 Å². The summed E-state index contributed by atoms with van der Waals surface area (Å²) in [7, 11) is 0. The molecule has 1 saturated carbocycles. The maximum atomic E-state index is 12.7. The number of hydrogen-bond donors (Lipinski definition) is 1. The van der Waals surface area contributed by atoms with Crippen LogP contribution in [0.1, 0.15) is 49.0 Å². The lowest BCUT2D eigenvalue weighted by Gasteiger charge is -2.23. The van der Waals surface area contributed by atoms with Crippen LogP contribution < -0.4 is 0 Å². The Morgan fingerprint density at radius 2 is 2.04 bits per heavy atom. The SMILES string of the molecule is CC(C)OCc1ccc(C(=O)N2C[C@@H]3CCC[C@@]3(C(=O)O)C2)cc1. The van der Waals surface area contributed by atoms with Crippen molar-refractivity contribution in [2.75, 3.05) is 13.1 Å². The van der Waals surface area contributed by atoms with Gasteiger partial charge in [0.1, 0.15) is 0 Å². The largest absolute Gasteiger partial charge is 0.481 e. The molecule has 0 radical (unpaired) electrons. The Kier molecular flexibility index (Phi) is 4.63. The fourth-order valence-corrected chi connectivity index (χ4v) is 3.98. The van der Waals surface area contributed by atoms with Gasteiger partial charge in [-0.3, -0.25) is 9.59 Å². The highest BCUT2D eigenvalue weighted by Gasteiger charge is 2.55. The molecule has 2 atom stereocenters. The van der Waals surface area contributed by atoms with E-state index < -0.39 is 11.4 Å². The summed E-state index contributed by atoms with van der Waals surface area (Å²) in [6, 6.07) is 7.42. The van der Waals surface area contributed by atoms with Crippen molar-refractivity contribution in [1.82, 2.24) is 4.90 Å². The second-order valence-electron chi connectivity index (χ2n) is 7.29. The van der Waals surface area contributed by atoms with Crippen molar-refractivity contribution in [2.45, 2.75) is 45.8 Å². The number of amides is 1. The van der Waals surface area contributed by atoms with Crippen LogP contribution in [0.25, 0.3) is 0 Å². The molecule has 3 rings (SSSR count). The van der Waals surface area contributed by atoms with Crippen LogP contribution in [0.5, 0.6) is 0 Å². The number of rotatable bonds is 5. The van der Waals surface area contributed by atoms with Crippen molar-refractivity contribution < 1.29 is 19.4 Å². The number of fused-ring (bicyclic) bond motifs is 1. The highest BCUT2D eigenvalue weighted by Crippen LogP contribution is 2.49. The molecule has 0 bridgehead atoms. The Labute approximate surface area is 142 Å². The van der Waals surface area contributed by atoms with Crippen LogP contribution in [0, 0.1) is 11.3 Å². The summed E-state index contributed by atoms with van der Waals surface area (Å²) in [4.78, 5) is 26.2. The van der Waals surface area contributed by atoms with Crippen molar-refractivity contribution in [3.63, 3.8) is 0 Å². The zero-order chi connectivity index (χ0) is 17.3. The molecule has 1 aromatic rings. The molecule has 1 aliphatic heterocycles. The molecule has 2 fully saturated rings. The van der Waals surface area contributed by atoms with E-state index in [0.717, 1.165) is 18.4 Å². The number of nitrogens with zero attached hydrogens (tertiary/aromatic N) is 1. The normalized spacial score (nSPS) is 26.0. The van der Waals surface area contributed by atoms with E-state index in [1.165, 1.54) is 0 Å². The third-order valence-corrected chi connectivity index (χ3v) is 5.37. The van der Waals surface area contributed by atoms with Gasteiger partial charge < -0.3 is 14.7 Å². The van der Waals surface area contributed by atoms with Gasteiger partial charge in [0.15, 0.2) is 0 Å². The van der Waals surface area contributed by atoms with Crippen LogP contribution in [0.4, 0.5) is 0 Å². The van der Waals surface area contributed by atoms with E-state index in [2.05, 4.69) is 0 Å². The monoisotopic (exact) mass is 331 g/mol. The lowest BCUT2D eigenvalue weighted by molar-refractivity contribution is -0.149. The molecule has 1 N–H and O–H groups in total. The molecule has 5 nitrogen and oxygen atoms in total. The fourth-order valence-electron chi connectivity index (χ4n) is 3.98. The number of likely N-dealkylation sites (tertiary alicyclic amines) is 1. The highest BCUT2D eigenvalue weighted by molar-refractivity contribution is 5.95. The van der Waals surface area contributed by atoms with Gasteiger partial charge in [-0.05, 0) is 50.3 Å². The minimum Gasteiger partial charge on any atom is -0.481 e. The van der Waals surface area contributed by atoms with Gasteiger partial charge >= 0.3 is 5.97 Å². The lowest BCUT2D eigenvalue weighted by Crippen LogP contribution is -2.37. The summed E-state index contributed by atoms with van der Waals surface area (Å²) < 4.78 is 5.56. The predicted octanol–water partition coefficient (Wildman–Crippen LogP) is 2.94. The minimum atomic E-state index is -0.749. The summed E-state index contributed by atoms with van der Waals surface area (Å²) in [5.41, 5.74) is 0.921. The van der Waals surface area contributed by atoms with E-state index in [1.807, 2.05) is 38.1 Å². The number of ether oxygens (including phenoxy) is 1. The van der Waals surface area contributed by atoms with Gasteiger partial charge in [0.25, 0.3) is 5.91 Å². The molecule has 1 aliphatic carbocycles. The third-order valence-electron chi connectivity index (χ3n) is 5.37. The highest BCUT2D eigenvalue weighted by atomic mass is 16.5. The van der Waals surface area contributed by atoms with Gasteiger partial charge in [-0.2, -0.15) is 0 Å². The molecular formula is C19H25NO4. The van der Waals surface area contributed by atoms with Crippen molar-refractivity contribution in [3.05, 3.63) is 35.4 Å². The van der Waals surface area contributed by atoms with E-state index in [1.54, 1.807) is 4.90 Å². The van der Waals surface area contributed by atoms with Crippen LogP contribution in [0.2, 0.25) is 0 Å². The Balaban J connectivity index is 1.68. The molecule has 1 aromatic carbocycles. The first-order chi connectivity index (χ1) is 11.4. The smallest absolute Gasteiger partial charge is 0.311 e. The Bertz CT molecular complexity index is 625. The number of hydrogen-bond acceptors (Lipinski definition) is 3. The standard InChI is InChI=1S/C19H25NO4/c1-13(2)24-11-14-5-7-15(8-6-14)17(21)20-10-16-4-3-9-19(16,12-20)18(22)23/h5-8,13,16H,3-4,9-12H2,1-2H3,(H,22,23)/t16-,19+/m0/s1. The summed E-state index contributed by atoms with van der Waals surface area (Å²) in [6.45, 7) is 5.40. The van der Waals surface area contributed by atoms with Crippen molar-refractivity contribution >= 4 is 11.9 Å². The van der Waals surface area contributed by atoms with Crippen LogP contribution >= 0.6 is 0 Å². The van der Waals surface area contributed by atoms with Gasteiger partial charge in [-0.1, -0.05) is 18.6 Å². The topological polar surface area (TPSA) is 66.8 Å². The van der Waals surface area contributed by atoms with Crippen LogP contribution in [-0.4, -0.2) is 41.1 Å². The summed E-state index contributed by atoms with van der Waals surface area (Å²) >= 11 is 0. The summed E-state index contributed by atoms with van der Waals surface area (Å²) in [5.74, 6) is -0.722. The molecule has 2 aliphatic rings. The zero-order valence-electron chi connectivity index (χ0n) is 14.3. The van der Waals surface area contributed by atoms with E-state index in [4.69, 9.17) is 4.74 Å². The van der Waals surface area contributed by atoms with Crippen LogP contribution in [0.15, 0.2) is 24.3 Å². The molecule has 0 spiro atoms. The fraction of sp³-hybridized carbons (Fsp3) is 0.579. The Hall–Kier alpha value is -1.88. The van der Waals surface area contributed by atoms with E-state index >= 15 is 0 Å². The molecule has 24 heavy (non-hydrogen) atoms. The molecule has 5 heteroatoms. The summed E-state index contributed by atoms with van der Waals surface area (Å²) in [5, 5.41) is 9.63.